The molecule has 0 aliphatic rings. The third kappa shape index (κ3) is 6.77. The summed E-state index contributed by atoms with van der Waals surface area (Å²) in [6, 6.07) is 6.11. The van der Waals surface area contributed by atoms with E-state index in [2.05, 4.69) is 20.4 Å². The summed E-state index contributed by atoms with van der Waals surface area (Å²) >= 11 is 0. The minimum atomic E-state index is -0.315. The lowest BCUT2D eigenvalue weighted by Crippen LogP contribution is -2.39. The van der Waals surface area contributed by atoms with Crippen molar-refractivity contribution in [3.8, 4) is 5.75 Å². The van der Waals surface area contributed by atoms with E-state index in [0.717, 1.165) is 18.3 Å². The molecular formula is C17H26FIN6O. The second-order valence-electron chi connectivity index (χ2n) is 5.74. The number of aromatic nitrogens is 3. The molecule has 2 aromatic rings. The van der Waals surface area contributed by atoms with Gasteiger partial charge in [0.25, 0.3) is 0 Å². The van der Waals surface area contributed by atoms with E-state index < -0.39 is 0 Å². The van der Waals surface area contributed by atoms with E-state index in [9.17, 15) is 4.39 Å². The predicted molar refractivity (Wildman–Crippen MR) is 110 cm³/mol. The molecule has 0 spiro atoms. The number of ether oxygens (including phenoxy) is 1. The molecule has 0 saturated heterocycles. The first kappa shape index (κ1) is 22.1. The quantitative estimate of drug-likeness (QED) is 0.378. The molecule has 0 fully saturated rings. The number of guanidine groups is 1. The van der Waals surface area contributed by atoms with Crippen LogP contribution in [0.15, 0.2) is 35.6 Å². The summed E-state index contributed by atoms with van der Waals surface area (Å²) in [7, 11) is 3.80. The van der Waals surface area contributed by atoms with Crippen LogP contribution in [0.1, 0.15) is 19.7 Å². The molecule has 0 aliphatic carbocycles. The zero-order valence-corrected chi connectivity index (χ0v) is 17.8. The molecule has 0 radical (unpaired) electrons. The Morgan fingerprint density at radius 3 is 2.85 bits per heavy atom. The van der Waals surface area contributed by atoms with E-state index >= 15 is 0 Å². The zero-order valence-electron chi connectivity index (χ0n) is 15.5. The molecule has 1 aromatic carbocycles. The Balaban J connectivity index is 0.00000338. The van der Waals surface area contributed by atoms with Gasteiger partial charge in [-0.3, -0.25) is 4.68 Å². The summed E-state index contributed by atoms with van der Waals surface area (Å²) in [5.41, 5.74) is 0. The van der Waals surface area contributed by atoms with Gasteiger partial charge in [0.05, 0.1) is 13.1 Å². The highest BCUT2D eigenvalue weighted by Gasteiger charge is 2.11. The van der Waals surface area contributed by atoms with E-state index in [1.807, 2.05) is 32.8 Å². The van der Waals surface area contributed by atoms with Crippen molar-refractivity contribution in [1.82, 2.24) is 25.0 Å². The second-order valence-corrected chi connectivity index (χ2v) is 5.74. The Labute approximate surface area is 170 Å². The van der Waals surface area contributed by atoms with Gasteiger partial charge in [0.2, 0.25) is 0 Å². The largest absolute Gasteiger partial charge is 0.489 e. The standard InChI is InChI=1S/C17H25FN6O.HI/c1-5-19-17(23(3)11-16-21-12-22-24(16)4)20-10-13(2)25-15-8-6-7-14(18)9-15;/h6-9,12-13H,5,10-11H2,1-4H3,(H,19,20);1H. The van der Waals surface area contributed by atoms with Gasteiger partial charge in [-0.25, -0.2) is 14.4 Å². The van der Waals surface area contributed by atoms with Crippen LogP contribution < -0.4 is 10.1 Å². The van der Waals surface area contributed by atoms with Crippen LogP contribution in [0.4, 0.5) is 4.39 Å². The number of halogens is 2. The first-order valence-corrected chi connectivity index (χ1v) is 8.24. The normalized spacial score (nSPS) is 12.3. The van der Waals surface area contributed by atoms with E-state index in [1.165, 1.54) is 18.5 Å². The maximum atomic E-state index is 13.2. The first-order chi connectivity index (χ1) is 12.0. The number of aryl methyl sites for hydroxylation is 1. The number of nitrogens with zero attached hydrogens (tertiary/aromatic N) is 5. The monoisotopic (exact) mass is 476 g/mol. The average Bonchev–Trinajstić information content (AvgIpc) is 2.96. The number of rotatable bonds is 7. The van der Waals surface area contributed by atoms with E-state index in [0.29, 0.717) is 18.8 Å². The Morgan fingerprint density at radius 2 is 2.23 bits per heavy atom. The molecule has 9 heteroatoms. The van der Waals surface area contributed by atoms with Gasteiger partial charge in [-0.1, -0.05) is 6.07 Å². The topological polar surface area (TPSA) is 67.6 Å². The minimum Gasteiger partial charge on any atom is -0.489 e. The summed E-state index contributed by atoms with van der Waals surface area (Å²) in [5.74, 6) is 1.78. The molecule has 144 valence electrons. The van der Waals surface area contributed by atoms with Crippen molar-refractivity contribution < 1.29 is 9.13 Å². The lowest BCUT2D eigenvalue weighted by Gasteiger charge is -2.22. The second kappa shape index (κ2) is 10.9. The van der Waals surface area contributed by atoms with Gasteiger partial charge in [-0.2, -0.15) is 5.10 Å². The summed E-state index contributed by atoms with van der Waals surface area (Å²) < 4.78 is 20.7. The van der Waals surface area contributed by atoms with Gasteiger partial charge in [-0.05, 0) is 26.0 Å². The Morgan fingerprint density at radius 1 is 1.46 bits per heavy atom. The molecule has 2 rings (SSSR count). The van der Waals surface area contributed by atoms with Crippen LogP contribution in [0.2, 0.25) is 0 Å². The van der Waals surface area contributed by atoms with Gasteiger partial charge in [0.15, 0.2) is 5.96 Å². The number of hydrogen-bond acceptors (Lipinski definition) is 4. The predicted octanol–water partition coefficient (Wildman–Crippen LogP) is 2.44. The van der Waals surface area contributed by atoms with E-state index in [1.54, 1.807) is 16.8 Å². The highest BCUT2D eigenvalue weighted by Crippen LogP contribution is 2.13. The van der Waals surface area contributed by atoms with Gasteiger partial charge in [0.1, 0.15) is 29.8 Å². The maximum Gasteiger partial charge on any atom is 0.194 e. The summed E-state index contributed by atoms with van der Waals surface area (Å²) in [6.07, 6.45) is 1.35. The fraction of sp³-hybridized carbons (Fsp3) is 0.471. The van der Waals surface area contributed by atoms with Crippen LogP contribution in [-0.2, 0) is 13.6 Å². The van der Waals surface area contributed by atoms with Gasteiger partial charge >= 0.3 is 0 Å². The number of benzene rings is 1. The van der Waals surface area contributed by atoms with Gasteiger partial charge in [0, 0.05) is 26.7 Å². The lowest BCUT2D eigenvalue weighted by molar-refractivity contribution is 0.228. The van der Waals surface area contributed by atoms with Crippen molar-refractivity contribution in [2.24, 2.45) is 12.0 Å². The van der Waals surface area contributed by atoms with Crippen molar-refractivity contribution in [2.75, 3.05) is 20.1 Å². The third-order valence-electron chi connectivity index (χ3n) is 3.51. The molecule has 0 saturated carbocycles. The molecule has 7 nitrogen and oxygen atoms in total. The van der Waals surface area contributed by atoms with Crippen LogP contribution in [0.5, 0.6) is 5.75 Å². The van der Waals surface area contributed by atoms with Crippen molar-refractivity contribution in [3.63, 3.8) is 0 Å². The maximum absolute atomic E-state index is 13.2. The van der Waals surface area contributed by atoms with E-state index in [4.69, 9.17) is 4.74 Å². The molecule has 0 aliphatic heterocycles. The molecule has 1 atom stereocenters. The van der Waals surface area contributed by atoms with Crippen molar-refractivity contribution in [3.05, 3.63) is 42.2 Å². The molecule has 1 aromatic heterocycles. The fourth-order valence-corrected chi connectivity index (χ4v) is 2.24. The Hall–Kier alpha value is -1.91. The number of aliphatic imine (C=N–C) groups is 1. The summed E-state index contributed by atoms with van der Waals surface area (Å²) in [5, 5.41) is 7.32. The molecule has 1 unspecified atom stereocenters. The third-order valence-corrected chi connectivity index (χ3v) is 3.51. The summed E-state index contributed by atoms with van der Waals surface area (Å²) in [4.78, 5) is 10.8. The molecule has 0 bridgehead atoms. The van der Waals surface area contributed by atoms with Crippen LogP contribution in [0.3, 0.4) is 0 Å². The van der Waals surface area contributed by atoms with Crippen LogP contribution in [-0.4, -0.2) is 51.9 Å². The average molecular weight is 476 g/mol. The minimum absolute atomic E-state index is 0. The van der Waals surface area contributed by atoms with Crippen LogP contribution in [0.25, 0.3) is 0 Å². The van der Waals surface area contributed by atoms with Gasteiger partial charge < -0.3 is 15.0 Å². The number of nitrogens with one attached hydrogen (secondary N) is 1. The molecular weight excluding hydrogens is 450 g/mol. The Bertz CT molecular complexity index is 708. The molecule has 1 heterocycles. The molecule has 26 heavy (non-hydrogen) atoms. The van der Waals surface area contributed by atoms with Crippen LogP contribution >= 0.6 is 24.0 Å². The fourth-order valence-electron chi connectivity index (χ4n) is 2.24. The first-order valence-electron chi connectivity index (χ1n) is 8.24. The van der Waals surface area contributed by atoms with Crippen LogP contribution in [0, 0.1) is 5.82 Å². The Kier molecular flexibility index (Phi) is 9.31. The van der Waals surface area contributed by atoms with Gasteiger partial charge in [-0.15, -0.1) is 24.0 Å². The van der Waals surface area contributed by atoms with Crippen molar-refractivity contribution in [1.29, 1.82) is 0 Å². The number of hydrogen-bond donors (Lipinski definition) is 1. The van der Waals surface area contributed by atoms with Crippen molar-refractivity contribution >= 4 is 29.9 Å². The van der Waals surface area contributed by atoms with Crippen molar-refractivity contribution in [2.45, 2.75) is 26.5 Å². The summed E-state index contributed by atoms with van der Waals surface area (Å²) in [6.45, 7) is 5.70. The zero-order chi connectivity index (χ0) is 18.2. The van der Waals surface area contributed by atoms with E-state index in [-0.39, 0.29) is 35.9 Å². The lowest BCUT2D eigenvalue weighted by atomic mass is 10.3. The molecule has 0 amide bonds. The molecule has 1 N–H and O–H groups in total. The smallest absolute Gasteiger partial charge is 0.194 e. The highest BCUT2D eigenvalue weighted by molar-refractivity contribution is 14.0. The highest BCUT2D eigenvalue weighted by atomic mass is 127. The SMILES string of the molecule is CCNC(=NCC(C)Oc1cccc(F)c1)N(C)Cc1ncnn1C.I.